The third kappa shape index (κ3) is 10.3. The molecule has 5 unspecified atom stereocenters. The Labute approximate surface area is 235 Å². The number of phenolic OH excluding ortho intramolecular Hbond substituents is 1. The molecule has 0 saturated heterocycles. The van der Waals surface area contributed by atoms with E-state index in [0.717, 1.165) is 5.56 Å². The molecule has 0 fully saturated rings. The molecule has 2 rings (SSSR count). The summed E-state index contributed by atoms with van der Waals surface area (Å²) in [6.45, 7) is 7.43. The maximum atomic E-state index is 13.6. The lowest BCUT2D eigenvalue weighted by atomic mass is 9.97. The number of carboxylic acids is 1. The van der Waals surface area contributed by atoms with Gasteiger partial charge in [0.25, 0.3) is 0 Å². The maximum Gasteiger partial charge on any atom is 0.326 e. The molecule has 2 aromatic rings. The molecule has 0 aliphatic carbocycles. The van der Waals surface area contributed by atoms with Gasteiger partial charge in [-0.25, -0.2) is 4.79 Å². The highest BCUT2D eigenvalue weighted by atomic mass is 16.4. The fourth-order valence-corrected chi connectivity index (χ4v) is 4.24. The van der Waals surface area contributed by atoms with E-state index in [-0.39, 0.29) is 30.4 Å². The number of carbonyl (C=O) groups excluding carboxylic acids is 3. The number of phenols is 1. The first-order valence-electron chi connectivity index (χ1n) is 13.6. The van der Waals surface area contributed by atoms with Gasteiger partial charge in [-0.3, -0.25) is 14.4 Å². The minimum atomic E-state index is -1.16. The summed E-state index contributed by atoms with van der Waals surface area (Å²) in [7, 11) is 0. The van der Waals surface area contributed by atoms with Crippen LogP contribution in [0, 0.1) is 11.8 Å². The summed E-state index contributed by atoms with van der Waals surface area (Å²) >= 11 is 0. The second-order valence-electron chi connectivity index (χ2n) is 10.6. The van der Waals surface area contributed by atoms with Crippen molar-refractivity contribution in [1.29, 1.82) is 0 Å². The number of hydrogen-bond donors (Lipinski definition) is 6. The van der Waals surface area contributed by atoms with Crippen LogP contribution >= 0.6 is 0 Å². The van der Waals surface area contributed by atoms with Crippen molar-refractivity contribution in [3.8, 4) is 5.75 Å². The summed E-state index contributed by atoms with van der Waals surface area (Å²) < 4.78 is 0. The van der Waals surface area contributed by atoms with E-state index in [1.165, 1.54) is 12.1 Å². The van der Waals surface area contributed by atoms with E-state index in [4.69, 9.17) is 5.73 Å². The van der Waals surface area contributed by atoms with Gasteiger partial charge in [0.15, 0.2) is 0 Å². The molecule has 10 nitrogen and oxygen atoms in total. The van der Waals surface area contributed by atoms with Crippen LogP contribution < -0.4 is 21.7 Å². The Hall–Kier alpha value is -3.92. The number of benzene rings is 2. The summed E-state index contributed by atoms with van der Waals surface area (Å²) in [6, 6.07) is 11.1. The summed E-state index contributed by atoms with van der Waals surface area (Å²) in [5, 5.41) is 27.4. The number of rotatable bonds is 15. The number of amides is 3. The van der Waals surface area contributed by atoms with Crippen molar-refractivity contribution in [2.45, 2.75) is 77.5 Å². The molecule has 218 valence electrons. The molecule has 0 aromatic heterocycles. The van der Waals surface area contributed by atoms with Gasteiger partial charge in [-0.05, 0) is 41.5 Å². The first-order chi connectivity index (χ1) is 18.9. The van der Waals surface area contributed by atoms with E-state index < -0.39 is 47.9 Å². The van der Waals surface area contributed by atoms with Gasteiger partial charge in [0.2, 0.25) is 17.7 Å². The fourth-order valence-electron chi connectivity index (χ4n) is 4.24. The molecule has 0 saturated carbocycles. The molecule has 10 heteroatoms. The number of carbonyl (C=O) groups is 4. The van der Waals surface area contributed by atoms with Crippen LogP contribution in [0.3, 0.4) is 0 Å². The van der Waals surface area contributed by atoms with Crippen molar-refractivity contribution in [3.05, 3.63) is 65.7 Å². The quantitative estimate of drug-likeness (QED) is 0.196. The maximum absolute atomic E-state index is 13.6. The molecule has 0 aliphatic heterocycles. The molecule has 0 aliphatic rings. The predicted octanol–water partition coefficient (Wildman–Crippen LogP) is 2.14. The third-order valence-corrected chi connectivity index (χ3v) is 6.76. The van der Waals surface area contributed by atoms with Gasteiger partial charge in [0.05, 0.1) is 6.04 Å². The number of hydrogen-bond acceptors (Lipinski definition) is 6. The van der Waals surface area contributed by atoms with Crippen LogP contribution in [-0.2, 0) is 32.0 Å². The molecular formula is C30H42N4O6. The summed E-state index contributed by atoms with van der Waals surface area (Å²) in [5.41, 5.74) is 7.49. The van der Waals surface area contributed by atoms with Crippen molar-refractivity contribution in [2.75, 3.05) is 0 Å². The van der Waals surface area contributed by atoms with Crippen LogP contribution in [0.15, 0.2) is 54.6 Å². The largest absolute Gasteiger partial charge is 0.508 e. The zero-order chi connectivity index (χ0) is 29.8. The first-order valence-corrected chi connectivity index (χ1v) is 13.6. The molecule has 0 spiro atoms. The number of aromatic hydroxyl groups is 1. The van der Waals surface area contributed by atoms with Crippen LogP contribution in [0.2, 0.25) is 0 Å². The summed E-state index contributed by atoms with van der Waals surface area (Å²) in [5.74, 6) is -3.04. The highest BCUT2D eigenvalue weighted by Crippen LogP contribution is 2.14. The third-order valence-electron chi connectivity index (χ3n) is 6.76. The molecule has 3 amide bonds. The molecule has 2 aromatic carbocycles. The van der Waals surface area contributed by atoms with E-state index in [9.17, 15) is 29.4 Å². The molecule has 0 bridgehead atoms. The van der Waals surface area contributed by atoms with Crippen molar-refractivity contribution < 1.29 is 29.4 Å². The Bertz CT molecular complexity index is 1120. The normalized spacial score (nSPS) is 14.8. The standard InChI is InChI=1S/C30H42N4O6/c1-5-19(4)26(30(39)40)34-29(38)25(16-20-9-7-6-8-10-20)33-28(37)24(17-21-11-13-22(35)14-12-21)32-27(36)23(31)15-18(2)3/h6-14,18-19,23-26,35H,5,15-17,31H2,1-4H3,(H,32,36)(H,33,37)(H,34,38)(H,39,40). The lowest BCUT2D eigenvalue weighted by molar-refractivity contribution is -0.143. The second-order valence-corrected chi connectivity index (χ2v) is 10.6. The van der Waals surface area contributed by atoms with E-state index in [1.54, 1.807) is 43.3 Å². The number of nitrogens with two attached hydrogens (primary N) is 1. The summed E-state index contributed by atoms with van der Waals surface area (Å²) in [4.78, 5) is 51.7. The monoisotopic (exact) mass is 554 g/mol. The molecule has 0 radical (unpaired) electrons. The lowest BCUT2D eigenvalue weighted by Gasteiger charge is -2.27. The van der Waals surface area contributed by atoms with Crippen LogP contribution in [0.5, 0.6) is 5.75 Å². The first kappa shape index (κ1) is 32.3. The average Bonchev–Trinajstić information content (AvgIpc) is 2.91. The van der Waals surface area contributed by atoms with Gasteiger partial charge >= 0.3 is 5.97 Å². The van der Waals surface area contributed by atoms with E-state index in [2.05, 4.69) is 16.0 Å². The van der Waals surface area contributed by atoms with E-state index in [0.29, 0.717) is 18.4 Å². The Morgan fingerprint density at radius 2 is 1.27 bits per heavy atom. The highest BCUT2D eigenvalue weighted by molar-refractivity contribution is 5.94. The Balaban J connectivity index is 2.33. The number of carboxylic acid groups (broad SMARTS) is 1. The van der Waals surface area contributed by atoms with Gasteiger partial charge < -0.3 is 31.9 Å². The van der Waals surface area contributed by atoms with Crippen LogP contribution in [0.25, 0.3) is 0 Å². The molecule has 0 heterocycles. The van der Waals surface area contributed by atoms with Crippen LogP contribution in [0.4, 0.5) is 0 Å². The second kappa shape index (κ2) is 15.6. The zero-order valence-corrected chi connectivity index (χ0v) is 23.6. The van der Waals surface area contributed by atoms with Crippen molar-refractivity contribution in [1.82, 2.24) is 16.0 Å². The Kier molecular flexibility index (Phi) is 12.6. The number of aliphatic carboxylic acids is 1. The minimum Gasteiger partial charge on any atom is -0.508 e. The van der Waals surface area contributed by atoms with Crippen molar-refractivity contribution >= 4 is 23.7 Å². The fraction of sp³-hybridized carbons (Fsp3) is 0.467. The smallest absolute Gasteiger partial charge is 0.326 e. The Morgan fingerprint density at radius 3 is 1.77 bits per heavy atom. The van der Waals surface area contributed by atoms with Gasteiger partial charge in [0.1, 0.15) is 23.9 Å². The Morgan fingerprint density at radius 1 is 0.775 bits per heavy atom. The van der Waals surface area contributed by atoms with Crippen LogP contribution in [0.1, 0.15) is 51.7 Å². The molecule has 40 heavy (non-hydrogen) atoms. The molecule has 5 atom stereocenters. The van der Waals surface area contributed by atoms with E-state index in [1.807, 2.05) is 26.8 Å². The SMILES string of the molecule is CCC(C)C(NC(=O)C(Cc1ccccc1)NC(=O)C(Cc1ccc(O)cc1)NC(=O)C(N)CC(C)C)C(=O)O. The minimum absolute atomic E-state index is 0.0571. The van der Waals surface area contributed by atoms with Gasteiger partial charge in [-0.1, -0.05) is 76.6 Å². The van der Waals surface area contributed by atoms with Crippen LogP contribution in [-0.4, -0.2) is 58.1 Å². The van der Waals surface area contributed by atoms with Crippen molar-refractivity contribution in [3.63, 3.8) is 0 Å². The lowest BCUT2D eigenvalue weighted by Crippen LogP contribution is -2.58. The topological polar surface area (TPSA) is 171 Å². The van der Waals surface area contributed by atoms with Gasteiger partial charge in [0, 0.05) is 12.8 Å². The highest BCUT2D eigenvalue weighted by Gasteiger charge is 2.32. The van der Waals surface area contributed by atoms with Gasteiger partial charge in [-0.2, -0.15) is 0 Å². The van der Waals surface area contributed by atoms with Crippen molar-refractivity contribution in [2.24, 2.45) is 17.6 Å². The molecule has 7 N–H and O–H groups in total. The summed E-state index contributed by atoms with van der Waals surface area (Å²) in [6.07, 6.45) is 1.14. The zero-order valence-electron chi connectivity index (χ0n) is 23.6. The number of nitrogens with one attached hydrogen (secondary N) is 3. The molecular weight excluding hydrogens is 512 g/mol. The average molecular weight is 555 g/mol. The van der Waals surface area contributed by atoms with E-state index >= 15 is 0 Å². The van der Waals surface area contributed by atoms with Gasteiger partial charge in [-0.15, -0.1) is 0 Å². The predicted molar refractivity (Wildman–Crippen MR) is 152 cm³/mol.